The van der Waals surface area contributed by atoms with Crippen molar-refractivity contribution in [3.63, 3.8) is 0 Å². The van der Waals surface area contributed by atoms with Gasteiger partial charge in [-0.1, -0.05) is 6.07 Å². The molecule has 9 heteroatoms. The summed E-state index contributed by atoms with van der Waals surface area (Å²) in [5.74, 6) is -0.935. The van der Waals surface area contributed by atoms with Gasteiger partial charge < -0.3 is 9.30 Å². The number of methoxy groups -OCH3 is 1. The highest BCUT2D eigenvalue weighted by atomic mass is 32.2. The molecule has 7 nitrogen and oxygen atoms in total. The van der Waals surface area contributed by atoms with E-state index in [2.05, 4.69) is 0 Å². The Bertz CT molecular complexity index is 1210. The lowest BCUT2D eigenvalue weighted by Crippen LogP contribution is -2.49. The maximum absolute atomic E-state index is 14.4. The predicted octanol–water partition coefficient (Wildman–Crippen LogP) is 3.15. The largest absolute Gasteiger partial charge is 0.497 e. The molecule has 0 bridgehead atoms. The number of halogens is 1. The minimum atomic E-state index is -3.77. The van der Waals surface area contributed by atoms with Crippen LogP contribution in [-0.2, 0) is 21.2 Å². The second-order valence-electron chi connectivity index (χ2n) is 7.32. The Balaban J connectivity index is 1.90. The van der Waals surface area contributed by atoms with E-state index in [1.165, 1.54) is 25.6 Å². The van der Waals surface area contributed by atoms with Crippen molar-refractivity contribution in [2.75, 3.05) is 13.4 Å². The number of hydrogen-bond acceptors (Lipinski definition) is 5. The van der Waals surface area contributed by atoms with Gasteiger partial charge in [0, 0.05) is 41.5 Å². The Hall–Kier alpha value is -2.91. The average molecular weight is 434 g/mol. The average Bonchev–Trinajstić information content (AvgIpc) is 3.12. The molecule has 160 valence electrons. The maximum atomic E-state index is 14.4. The number of hydroxylamine groups is 1. The Morgan fingerprint density at radius 3 is 2.57 bits per heavy atom. The van der Waals surface area contributed by atoms with Gasteiger partial charge in [-0.05, 0) is 49.2 Å². The van der Waals surface area contributed by atoms with Crippen molar-refractivity contribution in [3.05, 3.63) is 54.5 Å². The number of aryl methyl sites for hydroxylation is 1. The lowest BCUT2D eigenvalue weighted by atomic mass is 10.0. The molecule has 0 fully saturated rings. The first-order valence-corrected chi connectivity index (χ1v) is 11.1. The number of hydrogen-bond donors (Lipinski definition) is 2. The van der Waals surface area contributed by atoms with Crippen LogP contribution in [0.2, 0.25) is 0 Å². The lowest BCUT2D eigenvalue weighted by molar-refractivity contribution is -0.131. The van der Waals surface area contributed by atoms with Crippen LogP contribution in [0.25, 0.3) is 22.0 Å². The monoisotopic (exact) mass is 434 g/mol. The van der Waals surface area contributed by atoms with Crippen LogP contribution < -0.4 is 10.2 Å². The molecule has 0 saturated carbocycles. The Kier molecular flexibility index (Phi) is 5.87. The van der Waals surface area contributed by atoms with Crippen LogP contribution in [-0.4, -0.2) is 42.2 Å². The van der Waals surface area contributed by atoms with Gasteiger partial charge in [0.25, 0.3) is 5.91 Å². The SMILES string of the molecule is COc1ccc(-c2ccc3c(ccn3CC[C@@](C)(C(=O)NO)S(C)(=O)=O)c2)c(F)c1. The van der Waals surface area contributed by atoms with Crippen molar-refractivity contribution >= 4 is 26.6 Å². The van der Waals surface area contributed by atoms with Crippen molar-refractivity contribution < 1.29 is 27.5 Å². The third-order valence-corrected chi connectivity index (χ3v) is 7.51. The van der Waals surface area contributed by atoms with Gasteiger partial charge in [0.1, 0.15) is 11.6 Å². The fraction of sp³-hybridized carbons (Fsp3) is 0.286. The van der Waals surface area contributed by atoms with Crippen LogP contribution in [0.3, 0.4) is 0 Å². The van der Waals surface area contributed by atoms with Gasteiger partial charge in [-0.15, -0.1) is 0 Å². The van der Waals surface area contributed by atoms with Gasteiger partial charge in [-0.3, -0.25) is 10.0 Å². The van der Waals surface area contributed by atoms with Crippen molar-refractivity contribution in [3.8, 4) is 16.9 Å². The standard InChI is InChI=1S/C21H23FN2O5S/c1-21(20(25)23-26,30(3,27)28)9-11-24-10-8-15-12-14(4-7-19(15)24)17-6-5-16(29-2)13-18(17)22/h4-8,10,12-13,26H,9,11H2,1-3H3,(H,23,25)/t21-/m0/s1. The highest BCUT2D eigenvalue weighted by Crippen LogP contribution is 2.30. The fourth-order valence-corrected chi connectivity index (χ4v) is 4.18. The molecule has 0 aliphatic heterocycles. The molecule has 1 heterocycles. The Labute approximate surface area is 174 Å². The van der Waals surface area contributed by atoms with Crippen molar-refractivity contribution in [2.24, 2.45) is 0 Å². The van der Waals surface area contributed by atoms with E-state index in [1.54, 1.807) is 24.4 Å². The van der Waals surface area contributed by atoms with Crippen LogP contribution in [0.5, 0.6) is 5.75 Å². The molecular formula is C21H23FN2O5S. The zero-order chi connectivity index (χ0) is 22.1. The quantitative estimate of drug-likeness (QED) is 0.440. The van der Waals surface area contributed by atoms with Gasteiger partial charge in [0.2, 0.25) is 0 Å². The lowest BCUT2D eigenvalue weighted by Gasteiger charge is -2.25. The first-order chi connectivity index (χ1) is 14.1. The van der Waals surface area contributed by atoms with E-state index in [0.717, 1.165) is 17.2 Å². The van der Waals surface area contributed by atoms with E-state index in [-0.39, 0.29) is 13.0 Å². The van der Waals surface area contributed by atoms with Gasteiger partial charge >= 0.3 is 0 Å². The van der Waals surface area contributed by atoms with E-state index in [0.29, 0.717) is 16.9 Å². The number of sulfone groups is 1. The number of amides is 1. The number of fused-ring (bicyclic) bond motifs is 1. The highest BCUT2D eigenvalue weighted by molar-refractivity contribution is 7.92. The van der Waals surface area contributed by atoms with Crippen LogP contribution in [0.4, 0.5) is 4.39 Å². The molecule has 0 radical (unpaired) electrons. The number of carbonyl (C=O) groups is 1. The molecular weight excluding hydrogens is 411 g/mol. The summed E-state index contributed by atoms with van der Waals surface area (Å²) in [7, 11) is -2.30. The normalized spacial score (nSPS) is 13.8. The molecule has 0 aliphatic rings. The summed E-state index contributed by atoms with van der Waals surface area (Å²) in [5.41, 5.74) is 3.39. The van der Waals surface area contributed by atoms with Crippen LogP contribution >= 0.6 is 0 Å². The Morgan fingerprint density at radius 1 is 1.23 bits per heavy atom. The van der Waals surface area contributed by atoms with Gasteiger partial charge in [-0.2, -0.15) is 0 Å². The van der Waals surface area contributed by atoms with Crippen molar-refractivity contribution in [1.82, 2.24) is 10.0 Å². The summed E-state index contributed by atoms with van der Waals surface area (Å²) in [6.07, 6.45) is 2.71. The minimum absolute atomic E-state index is 0.0309. The van der Waals surface area contributed by atoms with Gasteiger partial charge in [0.05, 0.1) is 7.11 Å². The second kappa shape index (κ2) is 8.08. The molecule has 1 atom stereocenters. The van der Waals surface area contributed by atoms with Gasteiger partial charge in [-0.25, -0.2) is 18.3 Å². The first kappa shape index (κ1) is 21.8. The molecule has 2 aromatic carbocycles. The molecule has 0 unspecified atom stereocenters. The number of benzene rings is 2. The summed E-state index contributed by atoms with van der Waals surface area (Å²) >= 11 is 0. The molecule has 30 heavy (non-hydrogen) atoms. The summed E-state index contributed by atoms with van der Waals surface area (Å²) < 4.78 is 43.7. The molecule has 3 rings (SSSR count). The summed E-state index contributed by atoms with van der Waals surface area (Å²) in [4.78, 5) is 12.0. The molecule has 0 saturated heterocycles. The number of aromatic nitrogens is 1. The van der Waals surface area contributed by atoms with Crippen LogP contribution in [0, 0.1) is 5.82 Å². The third kappa shape index (κ3) is 3.90. The van der Waals surface area contributed by atoms with Crippen molar-refractivity contribution in [1.29, 1.82) is 0 Å². The molecule has 1 amide bonds. The number of nitrogens with zero attached hydrogens (tertiary/aromatic N) is 1. The van der Waals surface area contributed by atoms with Gasteiger partial charge in [0.15, 0.2) is 14.6 Å². The maximum Gasteiger partial charge on any atom is 0.264 e. The molecule has 0 aliphatic carbocycles. The molecule has 0 spiro atoms. The number of ether oxygens (including phenoxy) is 1. The molecule has 3 aromatic rings. The van der Waals surface area contributed by atoms with Crippen molar-refractivity contribution in [2.45, 2.75) is 24.6 Å². The number of rotatable bonds is 7. The first-order valence-electron chi connectivity index (χ1n) is 9.17. The highest BCUT2D eigenvalue weighted by Gasteiger charge is 2.43. The summed E-state index contributed by atoms with van der Waals surface area (Å²) in [6, 6.07) is 11.9. The van der Waals surface area contributed by atoms with E-state index in [1.807, 2.05) is 22.8 Å². The zero-order valence-electron chi connectivity index (χ0n) is 16.8. The van der Waals surface area contributed by atoms with E-state index < -0.39 is 26.3 Å². The van der Waals surface area contributed by atoms with E-state index in [4.69, 9.17) is 9.94 Å². The van der Waals surface area contributed by atoms with Crippen LogP contribution in [0.15, 0.2) is 48.7 Å². The molecule has 2 N–H and O–H groups in total. The Morgan fingerprint density at radius 2 is 1.97 bits per heavy atom. The smallest absolute Gasteiger partial charge is 0.264 e. The summed E-state index contributed by atoms with van der Waals surface area (Å²) in [6.45, 7) is 1.51. The zero-order valence-corrected chi connectivity index (χ0v) is 17.7. The topological polar surface area (TPSA) is 97.6 Å². The predicted molar refractivity (Wildman–Crippen MR) is 112 cm³/mol. The third-order valence-electron chi connectivity index (χ3n) is 5.49. The van der Waals surface area contributed by atoms with Crippen LogP contribution in [0.1, 0.15) is 13.3 Å². The van der Waals surface area contributed by atoms with E-state index in [9.17, 15) is 17.6 Å². The molecule has 1 aromatic heterocycles. The number of nitrogens with one attached hydrogen (secondary N) is 1. The minimum Gasteiger partial charge on any atom is -0.497 e. The fourth-order valence-electron chi connectivity index (χ4n) is 3.34. The van der Waals surface area contributed by atoms with E-state index >= 15 is 0 Å². The number of carbonyl (C=O) groups excluding carboxylic acids is 1. The second-order valence-corrected chi connectivity index (χ2v) is 9.77. The summed E-state index contributed by atoms with van der Waals surface area (Å²) in [5, 5.41) is 9.79.